The molecular weight excluding hydrogens is 601 g/mol. The highest BCUT2D eigenvalue weighted by molar-refractivity contribution is 5.86. The first-order valence-electron chi connectivity index (χ1n) is 18.6. The van der Waals surface area contributed by atoms with Crippen LogP contribution in [-0.4, -0.2) is 0 Å². The molecule has 0 fully saturated rings. The highest BCUT2D eigenvalue weighted by atomic mass is 14.4. The van der Waals surface area contributed by atoms with Gasteiger partial charge in [-0.25, -0.2) is 0 Å². The molecule has 0 spiro atoms. The molecule has 0 saturated carbocycles. The van der Waals surface area contributed by atoms with Crippen molar-refractivity contribution in [1.29, 1.82) is 0 Å². The Hall–Kier alpha value is -5.20. The van der Waals surface area contributed by atoms with Crippen molar-refractivity contribution in [2.75, 3.05) is 0 Å². The zero-order valence-corrected chi connectivity index (χ0v) is 28.7. The molecule has 0 heterocycles. The summed E-state index contributed by atoms with van der Waals surface area (Å²) in [5.74, 6) is 1.89. The minimum atomic E-state index is 0.280. The topological polar surface area (TPSA) is 0 Å². The summed E-state index contributed by atoms with van der Waals surface area (Å²) >= 11 is 0. The second-order valence-corrected chi connectivity index (χ2v) is 14.6. The highest BCUT2D eigenvalue weighted by Gasteiger charge is 2.36. The molecule has 244 valence electrons. The Morgan fingerprint density at radius 1 is 0.500 bits per heavy atom. The maximum Gasteiger partial charge on any atom is 0.0134 e. The number of hydrogen-bond donors (Lipinski definition) is 0. The van der Waals surface area contributed by atoms with Crippen LogP contribution in [0.15, 0.2) is 198 Å². The summed E-state index contributed by atoms with van der Waals surface area (Å²) in [7, 11) is 0. The number of allylic oxidation sites excluding steroid dienone is 20. The Bertz CT molecular complexity index is 2240. The lowest BCUT2D eigenvalue weighted by atomic mass is 9.65. The Kier molecular flexibility index (Phi) is 8.39. The molecule has 0 radical (unpaired) electrons. The van der Waals surface area contributed by atoms with E-state index in [0.717, 1.165) is 32.1 Å². The lowest BCUT2D eigenvalue weighted by Crippen LogP contribution is -2.41. The molecule has 9 rings (SSSR count). The summed E-state index contributed by atoms with van der Waals surface area (Å²) in [5.41, 5.74) is 12.8. The Morgan fingerprint density at radius 3 is 1.84 bits per heavy atom. The largest absolute Gasteiger partial charge is 0.0839 e. The van der Waals surface area contributed by atoms with Crippen molar-refractivity contribution in [3.8, 4) is 0 Å². The van der Waals surface area contributed by atoms with Crippen LogP contribution in [0, 0.1) is 23.7 Å². The zero-order valence-electron chi connectivity index (χ0n) is 28.7. The van der Waals surface area contributed by atoms with E-state index in [1.807, 2.05) is 0 Å². The van der Waals surface area contributed by atoms with Gasteiger partial charge in [0.1, 0.15) is 0 Å². The van der Waals surface area contributed by atoms with E-state index >= 15 is 0 Å². The van der Waals surface area contributed by atoms with Crippen molar-refractivity contribution in [3.63, 3.8) is 0 Å². The lowest BCUT2D eigenvalue weighted by Gasteiger charge is -2.38. The second-order valence-electron chi connectivity index (χ2n) is 14.6. The minimum Gasteiger partial charge on any atom is -0.0839 e. The molecule has 0 aliphatic heterocycles. The average molecular weight is 645 g/mol. The molecule has 0 nitrogen and oxygen atoms in total. The summed E-state index contributed by atoms with van der Waals surface area (Å²) in [5, 5.41) is 2.82. The van der Waals surface area contributed by atoms with Gasteiger partial charge >= 0.3 is 0 Å². The molecule has 0 aromatic heterocycles. The molecule has 0 N–H and O–H groups in total. The monoisotopic (exact) mass is 644 g/mol. The van der Waals surface area contributed by atoms with Crippen LogP contribution < -0.4 is 10.4 Å². The first-order valence-corrected chi connectivity index (χ1v) is 18.6. The van der Waals surface area contributed by atoms with E-state index in [9.17, 15) is 0 Å². The molecule has 0 heteroatoms. The van der Waals surface area contributed by atoms with E-state index in [2.05, 4.69) is 176 Å². The van der Waals surface area contributed by atoms with E-state index in [1.54, 1.807) is 0 Å². The Morgan fingerprint density at radius 2 is 1.16 bits per heavy atom. The van der Waals surface area contributed by atoms with E-state index in [4.69, 9.17) is 0 Å². The second kappa shape index (κ2) is 13.6. The Labute approximate surface area is 297 Å². The van der Waals surface area contributed by atoms with Crippen LogP contribution in [0.1, 0.15) is 49.1 Å². The number of rotatable bonds is 6. The van der Waals surface area contributed by atoms with E-state index in [-0.39, 0.29) is 11.8 Å². The number of benzene rings is 3. The molecule has 5 atom stereocenters. The van der Waals surface area contributed by atoms with Gasteiger partial charge in [-0.15, -0.1) is 0 Å². The summed E-state index contributed by atoms with van der Waals surface area (Å²) < 4.78 is 0. The van der Waals surface area contributed by atoms with Gasteiger partial charge in [0, 0.05) is 17.8 Å². The molecular formula is C50H44. The van der Waals surface area contributed by atoms with Gasteiger partial charge in [-0.05, 0) is 105 Å². The maximum atomic E-state index is 2.59. The van der Waals surface area contributed by atoms with Gasteiger partial charge in [-0.2, -0.15) is 0 Å². The molecule has 50 heavy (non-hydrogen) atoms. The molecule has 6 aliphatic carbocycles. The fourth-order valence-electron chi connectivity index (χ4n) is 9.19. The third-order valence-corrected chi connectivity index (χ3v) is 11.6. The predicted molar refractivity (Wildman–Crippen MR) is 211 cm³/mol. The van der Waals surface area contributed by atoms with Crippen LogP contribution in [-0.2, 0) is 0 Å². The summed E-state index contributed by atoms with van der Waals surface area (Å²) in [6, 6.07) is 31.4. The van der Waals surface area contributed by atoms with Crippen LogP contribution in [0.5, 0.6) is 0 Å². The molecule has 5 unspecified atom stereocenters. The summed E-state index contributed by atoms with van der Waals surface area (Å²) in [4.78, 5) is 0. The van der Waals surface area contributed by atoms with Gasteiger partial charge in [0.15, 0.2) is 0 Å². The van der Waals surface area contributed by atoms with Crippen LogP contribution in [0.25, 0.3) is 16.7 Å². The van der Waals surface area contributed by atoms with Crippen molar-refractivity contribution >= 4 is 16.7 Å². The van der Waals surface area contributed by atoms with Crippen LogP contribution in [0.3, 0.4) is 0 Å². The van der Waals surface area contributed by atoms with Crippen LogP contribution >= 0.6 is 0 Å². The highest BCUT2D eigenvalue weighted by Crippen LogP contribution is 2.48. The lowest BCUT2D eigenvalue weighted by molar-refractivity contribution is 0.468. The van der Waals surface area contributed by atoms with Gasteiger partial charge in [-0.3, -0.25) is 0 Å². The Balaban J connectivity index is 1.24. The fraction of sp³-hybridized carbons (Fsp3) is 0.200. The zero-order chi connectivity index (χ0) is 33.3. The third kappa shape index (κ3) is 5.88. The van der Waals surface area contributed by atoms with Crippen molar-refractivity contribution in [3.05, 3.63) is 220 Å². The van der Waals surface area contributed by atoms with Crippen molar-refractivity contribution in [2.24, 2.45) is 23.7 Å². The summed E-state index contributed by atoms with van der Waals surface area (Å²) in [6.45, 7) is 0. The van der Waals surface area contributed by atoms with Gasteiger partial charge in [0.25, 0.3) is 0 Å². The quantitative estimate of drug-likeness (QED) is 0.250. The van der Waals surface area contributed by atoms with E-state index < -0.39 is 0 Å². The van der Waals surface area contributed by atoms with Crippen molar-refractivity contribution < 1.29 is 0 Å². The summed E-state index contributed by atoms with van der Waals surface area (Å²) in [6.07, 6.45) is 41.6. The number of hydrogen-bond acceptors (Lipinski definition) is 0. The van der Waals surface area contributed by atoms with Gasteiger partial charge in [0.2, 0.25) is 0 Å². The van der Waals surface area contributed by atoms with Crippen LogP contribution in [0.4, 0.5) is 0 Å². The standard InChI is InChI=1S/C50H44/c1-5-17-35(18-6-1)39-29-40(36-19-7-2-8-20-36)32-43(31-39)49-45-25-13-15-27-47(45)50(48-28-16-14-26-46(48)49)44-33-41(37-21-9-3-10-22-37)30-42(34-44)38-23-11-4-12-24-38/h1-3,5-11,13-21,23-31,34,37,40-41,45,47H,4,12,22,32-33H2. The van der Waals surface area contributed by atoms with Gasteiger partial charge in [-0.1, -0.05) is 176 Å². The smallest absolute Gasteiger partial charge is 0.0134 e. The first-order chi connectivity index (χ1) is 24.8. The van der Waals surface area contributed by atoms with Gasteiger partial charge < -0.3 is 0 Å². The SMILES string of the molecule is C1=CCC(C2C=C(C3=CCCC=C3)C=C(C3=c4ccccc4=C(C4=CC(c5ccccc5)=CC(c5ccccc5)C4)C4C=CC=CC34)C2)C=C1. The fourth-order valence-corrected chi connectivity index (χ4v) is 9.19. The molecule has 6 aliphatic rings. The molecule has 3 aromatic rings. The number of fused-ring (bicyclic) bond motifs is 2. The van der Waals surface area contributed by atoms with Crippen molar-refractivity contribution in [2.45, 2.75) is 38.0 Å². The molecule has 0 amide bonds. The first kappa shape index (κ1) is 30.8. The average Bonchev–Trinajstić information content (AvgIpc) is 3.21. The predicted octanol–water partition coefficient (Wildman–Crippen LogP) is 10.8. The van der Waals surface area contributed by atoms with Crippen LogP contribution in [0.2, 0.25) is 0 Å². The molecule has 3 aromatic carbocycles. The van der Waals surface area contributed by atoms with E-state index in [0.29, 0.717) is 17.8 Å². The maximum absolute atomic E-state index is 2.59. The normalized spacial score (nSPS) is 26.7. The molecule has 0 saturated heterocycles. The van der Waals surface area contributed by atoms with Gasteiger partial charge in [0.05, 0.1) is 0 Å². The minimum absolute atomic E-state index is 0.280. The molecule has 0 bridgehead atoms. The van der Waals surface area contributed by atoms with Crippen molar-refractivity contribution in [1.82, 2.24) is 0 Å². The third-order valence-electron chi connectivity index (χ3n) is 11.6. The van der Waals surface area contributed by atoms with E-state index in [1.165, 1.54) is 60.6 Å².